The van der Waals surface area contributed by atoms with Gasteiger partial charge in [0, 0.05) is 23.1 Å². The molecule has 5 nitrogen and oxygen atoms in total. The average Bonchev–Trinajstić information content (AvgIpc) is 2.34. The first-order valence-corrected chi connectivity index (χ1v) is 6.85. The van der Waals surface area contributed by atoms with Gasteiger partial charge in [0.1, 0.15) is 0 Å². The lowest BCUT2D eigenvalue weighted by molar-refractivity contribution is -0.137. The molecule has 0 aromatic heterocycles. The molecule has 19 heavy (non-hydrogen) atoms. The molecule has 0 atom stereocenters. The van der Waals surface area contributed by atoms with E-state index >= 15 is 0 Å². The summed E-state index contributed by atoms with van der Waals surface area (Å²) in [6.45, 7) is 0.682. The Morgan fingerprint density at radius 3 is 2.63 bits per heavy atom. The number of aliphatic carboxylic acids is 1. The van der Waals surface area contributed by atoms with Crippen molar-refractivity contribution >= 4 is 33.5 Å². The highest BCUT2D eigenvalue weighted by Gasteiger charge is 2.08. The third kappa shape index (κ3) is 5.74. The van der Waals surface area contributed by atoms with Crippen LogP contribution in [0.15, 0.2) is 22.7 Å². The fraction of sp³-hybridized carbons (Fsp3) is 0.385. The quantitative estimate of drug-likeness (QED) is 0.639. The second-order valence-corrected chi connectivity index (χ2v) is 5.10. The van der Waals surface area contributed by atoms with E-state index in [-0.39, 0.29) is 6.42 Å². The standard InChI is InChI=1S/C13H17BrN2O3/c14-9-5-6-11(10(8-9)13(15)19)16-7-3-1-2-4-12(17)18/h5-6,8,16H,1-4,7H2,(H2,15,19)(H,17,18). The number of carbonyl (C=O) groups excluding carboxylic acids is 1. The van der Waals surface area contributed by atoms with E-state index in [0.717, 1.165) is 17.3 Å². The molecular weight excluding hydrogens is 312 g/mol. The summed E-state index contributed by atoms with van der Waals surface area (Å²) >= 11 is 3.29. The lowest BCUT2D eigenvalue weighted by Gasteiger charge is -2.10. The van der Waals surface area contributed by atoms with Gasteiger partial charge in [-0.2, -0.15) is 0 Å². The second kappa shape index (κ2) is 7.78. The fourth-order valence-corrected chi connectivity index (χ4v) is 2.04. The van der Waals surface area contributed by atoms with Gasteiger partial charge < -0.3 is 16.2 Å². The Labute approximate surface area is 120 Å². The van der Waals surface area contributed by atoms with Crippen LogP contribution in [0.25, 0.3) is 0 Å². The van der Waals surface area contributed by atoms with Gasteiger partial charge in [0.15, 0.2) is 0 Å². The molecule has 0 saturated carbocycles. The molecule has 0 heterocycles. The van der Waals surface area contributed by atoms with Crippen LogP contribution in [0.3, 0.4) is 0 Å². The van der Waals surface area contributed by atoms with E-state index < -0.39 is 11.9 Å². The molecule has 1 rings (SSSR count). The SMILES string of the molecule is NC(=O)c1cc(Br)ccc1NCCCCCC(=O)O. The smallest absolute Gasteiger partial charge is 0.303 e. The molecule has 1 aromatic rings. The van der Waals surface area contributed by atoms with Crippen molar-refractivity contribution in [3.63, 3.8) is 0 Å². The van der Waals surface area contributed by atoms with Gasteiger partial charge in [-0.25, -0.2) is 0 Å². The molecule has 0 aliphatic carbocycles. The number of nitrogens with two attached hydrogens (primary N) is 1. The Hall–Kier alpha value is -1.56. The van der Waals surface area contributed by atoms with Gasteiger partial charge in [-0.15, -0.1) is 0 Å². The van der Waals surface area contributed by atoms with Gasteiger partial charge >= 0.3 is 5.97 Å². The van der Waals surface area contributed by atoms with Crippen molar-refractivity contribution in [1.82, 2.24) is 0 Å². The van der Waals surface area contributed by atoms with Crippen molar-refractivity contribution < 1.29 is 14.7 Å². The van der Waals surface area contributed by atoms with Gasteiger partial charge in [-0.1, -0.05) is 22.4 Å². The zero-order valence-corrected chi connectivity index (χ0v) is 12.1. The average molecular weight is 329 g/mol. The fourth-order valence-electron chi connectivity index (χ4n) is 1.68. The second-order valence-electron chi connectivity index (χ2n) is 4.19. The van der Waals surface area contributed by atoms with Crippen molar-refractivity contribution in [1.29, 1.82) is 0 Å². The number of carboxylic acids is 1. The number of hydrogen-bond donors (Lipinski definition) is 3. The molecule has 104 valence electrons. The predicted molar refractivity (Wildman–Crippen MR) is 77.3 cm³/mol. The van der Waals surface area contributed by atoms with E-state index in [1.54, 1.807) is 12.1 Å². The van der Waals surface area contributed by atoms with Gasteiger partial charge in [0.05, 0.1) is 5.56 Å². The van der Waals surface area contributed by atoms with E-state index in [0.29, 0.717) is 24.2 Å². The van der Waals surface area contributed by atoms with E-state index in [2.05, 4.69) is 21.2 Å². The van der Waals surface area contributed by atoms with Gasteiger partial charge in [0.2, 0.25) is 0 Å². The summed E-state index contributed by atoms with van der Waals surface area (Å²) in [6.07, 6.45) is 2.55. The molecule has 0 spiro atoms. The number of carbonyl (C=O) groups is 2. The van der Waals surface area contributed by atoms with Crippen molar-refractivity contribution in [3.05, 3.63) is 28.2 Å². The summed E-state index contributed by atoms with van der Waals surface area (Å²) in [7, 11) is 0. The number of nitrogens with one attached hydrogen (secondary N) is 1. The van der Waals surface area contributed by atoms with Crippen LogP contribution < -0.4 is 11.1 Å². The highest BCUT2D eigenvalue weighted by atomic mass is 79.9. The molecule has 0 saturated heterocycles. The highest BCUT2D eigenvalue weighted by Crippen LogP contribution is 2.20. The van der Waals surface area contributed by atoms with Crippen molar-refractivity contribution in [2.45, 2.75) is 25.7 Å². The number of rotatable bonds is 8. The van der Waals surface area contributed by atoms with Crippen LogP contribution in [0, 0.1) is 0 Å². The predicted octanol–water partition coefficient (Wildman–Crippen LogP) is 2.60. The lowest BCUT2D eigenvalue weighted by Crippen LogP contribution is -2.15. The first kappa shape index (κ1) is 15.5. The Morgan fingerprint density at radius 1 is 1.26 bits per heavy atom. The first-order chi connectivity index (χ1) is 9.00. The molecule has 1 amide bonds. The van der Waals surface area contributed by atoms with Crippen LogP contribution in [-0.4, -0.2) is 23.5 Å². The molecule has 0 aliphatic heterocycles. The largest absolute Gasteiger partial charge is 0.481 e. The molecule has 6 heteroatoms. The molecule has 0 radical (unpaired) electrons. The Bertz CT molecular complexity index is 463. The highest BCUT2D eigenvalue weighted by molar-refractivity contribution is 9.10. The minimum Gasteiger partial charge on any atom is -0.481 e. The molecule has 0 unspecified atom stereocenters. The molecular formula is C13H17BrN2O3. The number of hydrogen-bond acceptors (Lipinski definition) is 3. The van der Waals surface area contributed by atoms with E-state index in [1.165, 1.54) is 0 Å². The summed E-state index contributed by atoms with van der Waals surface area (Å²) < 4.78 is 0.799. The Kier molecular flexibility index (Phi) is 6.35. The molecule has 4 N–H and O–H groups in total. The maximum atomic E-state index is 11.3. The summed E-state index contributed by atoms with van der Waals surface area (Å²) in [5.74, 6) is -1.24. The maximum Gasteiger partial charge on any atom is 0.303 e. The Morgan fingerprint density at radius 2 is 2.00 bits per heavy atom. The summed E-state index contributed by atoms with van der Waals surface area (Å²) in [5.41, 5.74) is 6.45. The monoisotopic (exact) mass is 328 g/mol. The van der Waals surface area contributed by atoms with E-state index in [9.17, 15) is 9.59 Å². The third-order valence-corrected chi connectivity index (χ3v) is 3.12. The van der Waals surface area contributed by atoms with Crippen LogP contribution in [-0.2, 0) is 4.79 Å². The summed E-state index contributed by atoms with van der Waals surface area (Å²) in [4.78, 5) is 21.6. The van der Waals surface area contributed by atoms with Crippen molar-refractivity contribution in [3.8, 4) is 0 Å². The number of primary amides is 1. The number of benzene rings is 1. The number of halogens is 1. The number of carboxylic acid groups (broad SMARTS) is 1. The Balaban J connectivity index is 2.41. The molecule has 0 fully saturated rings. The lowest BCUT2D eigenvalue weighted by atomic mass is 10.1. The van der Waals surface area contributed by atoms with Gasteiger partial charge in [0.25, 0.3) is 5.91 Å². The normalized spacial score (nSPS) is 10.2. The van der Waals surface area contributed by atoms with Crippen LogP contribution in [0.1, 0.15) is 36.0 Å². The van der Waals surface area contributed by atoms with Gasteiger partial charge in [-0.3, -0.25) is 9.59 Å². The molecule has 1 aromatic carbocycles. The van der Waals surface area contributed by atoms with Crippen LogP contribution in [0.4, 0.5) is 5.69 Å². The topological polar surface area (TPSA) is 92.4 Å². The van der Waals surface area contributed by atoms with Crippen LogP contribution in [0.2, 0.25) is 0 Å². The zero-order valence-electron chi connectivity index (χ0n) is 10.5. The summed E-state index contributed by atoms with van der Waals surface area (Å²) in [5, 5.41) is 11.6. The number of amides is 1. The molecule has 0 aliphatic rings. The van der Waals surface area contributed by atoms with E-state index in [4.69, 9.17) is 10.8 Å². The van der Waals surface area contributed by atoms with E-state index in [1.807, 2.05) is 6.07 Å². The minimum absolute atomic E-state index is 0.199. The molecule has 0 bridgehead atoms. The van der Waals surface area contributed by atoms with Crippen molar-refractivity contribution in [2.24, 2.45) is 5.73 Å². The van der Waals surface area contributed by atoms with Gasteiger partial charge in [-0.05, 0) is 31.0 Å². The first-order valence-electron chi connectivity index (χ1n) is 6.05. The summed E-state index contributed by atoms with van der Waals surface area (Å²) in [6, 6.07) is 5.30. The number of anilines is 1. The van der Waals surface area contributed by atoms with Crippen LogP contribution >= 0.6 is 15.9 Å². The zero-order chi connectivity index (χ0) is 14.3. The maximum absolute atomic E-state index is 11.3. The van der Waals surface area contributed by atoms with Crippen molar-refractivity contribution in [2.75, 3.05) is 11.9 Å². The minimum atomic E-state index is -0.767. The number of unbranched alkanes of at least 4 members (excludes halogenated alkanes) is 2. The van der Waals surface area contributed by atoms with Crippen LogP contribution in [0.5, 0.6) is 0 Å². The third-order valence-electron chi connectivity index (χ3n) is 2.63.